The maximum Gasteiger partial charge on any atom is 0.255 e. The number of para-hydroxylation sites is 1. The fraction of sp³-hybridized carbons (Fsp3) is 0.130. The van der Waals surface area contributed by atoms with Crippen LogP contribution in [0.25, 0.3) is 27.6 Å². The minimum atomic E-state index is -0.101. The minimum Gasteiger partial charge on any atom is -0.383 e. The lowest BCUT2D eigenvalue weighted by Gasteiger charge is -2.09. The van der Waals surface area contributed by atoms with Gasteiger partial charge in [-0.05, 0) is 36.4 Å². The second-order valence-electron chi connectivity index (χ2n) is 7.01. The van der Waals surface area contributed by atoms with Gasteiger partial charge >= 0.3 is 0 Å². The van der Waals surface area contributed by atoms with E-state index in [1.54, 1.807) is 29.0 Å². The van der Waals surface area contributed by atoms with Crippen LogP contribution >= 0.6 is 0 Å². The van der Waals surface area contributed by atoms with Gasteiger partial charge in [-0.3, -0.25) is 14.2 Å². The molecule has 0 fully saturated rings. The van der Waals surface area contributed by atoms with Crippen LogP contribution in [0.4, 0.5) is 0 Å². The first-order valence-electron chi connectivity index (χ1n) is 9.06. The van der Waals surface area contributed by atoms with Gasteiger partial charge < -0.3 is 9.47 Å². The Morgan fingerprint density at radius 3 is 2.36 bits per heavy atom. The summed E-state index contributed by atoms with van der Waals surface area (Å²) in [6.07, 6.45) is 3.25. The largest absolute Gasteiger partial charge is 0.383 e. The van der Waals surface area contributed by atoms with E-state index in [4.69, 9.17) is 0 Å². The monoisotopic (exact) mass is 371 g/mol. The van der Waals surface area contributed by atoms with Gasteiger partial charge in [0.05, 0.1) is 16.6 Å². The van der Waals surface area contributed by atoms with E-state index in [0.717, 1.165) is 27.6 Å². The maximum absolute atomic E-state index is 12.8. The van der Waals surface area contributed by atoms with Crippen LogP contribution in [0.15, 0.2) is 77.7 Å². The molecule has 0 spiro atoms. The highest BCUT2D eigenvalue weighted by Crippen LogP contribution is 2.28. The Morgan fingerprint density at radius 1 is 0.929 bits per heavy atom. The Bertz CT molecular complexity index is 1280. The molecule has 0 aliphatic rings. The van der Waals surface area contributed by atoms with Crippen LogP contribution in [-0.4, -0.2) is 33.9 Å². The Hall–Kier alpha value is -3.60. The Balaban J connectivity index is 1.88. The van der Waals surface area contributed by atoms with Crippen LogP contribution in [0.2, 0.25) is 0 Å². The summed E-state index contributed by atoms with van der Waals surface area (Å²) in [6.45, 7) is 0. The van der Waals surface area contributed by atoms with Gasteiger partial charge in [-0.1, -0.05) is 18.2 Å². The molecular formula is C23H21N3O2. The van der Waals surface area contributed by atoms with E-state index in [0.29, 0.717) is 5.56 Å². The van der Waals surface area contributed by atoms with Crippen molar-refractivity contribution in [1.29, 1.82) is 0 Å². The number of hydrogen-bond donors (Lipinski definition) is 0. The Kier molecular flexibility index (Phi) is 4.35. The number of aryl methyl sites for hydroxylation is 1. The van der Waals surface area contributed by atoms with Gasteiger partial charge in [0.25, 0.3) is 5.56 Å². The van der Waals surface area contributed by atoms with Gasteiger partial charge in [0.1, 0.15) is 0 Å². The number of pyridine rings is 1. The van der Waals surface area contributed by atoms with Gasteiger partial charge in [-0.2, -0.15) is 0 Å². The van der Waals surface area contributed by atoms with Crippen molar-refractivity contribution in [3.63, 3.8) is 0 Å². The molecule has 0 atom stereocenters. The molecule has 2 aromatic carbocycles. The Morgan fingerprint density at radius 2 is 1.64 bits per heavy atom. The van der Waals surface area contributed by atoms with Crippen molar-refractivity contribution in [1.82, 2.24) is 14.0 Å². The quantitative estimate of drug-likeness (QED) is 0.406. The number of hydrogen-bond acceptors (Lipinski definition) is 3. The normalized spacial score (nSPS) is 11.5. The fourth-order valence-corrected chi connectivity index (χ4v) is 3.50. The van der Waals surface area contributed by atoms with Crippen LogP contribution < -0.4 is 5.56 Å². The summed E-state index contributed by atoms with van der Waals surface area (Å²) in [5.74, 6) is -0.0732. The molecule has 2 heterocycles. The molecule has 0 radical (unpaired) electrons. The Labute approximate surface area is 162 Å². The summed E-state index contributed by atoms with van der Waals surface area (Å²) in [4.78, 5) is 26.8. The van der Waals surface area contributed by atoms with Gasteiger partial charge in [0.2, 0.25) is 0 Å². The third-order valence-electron chi connectivity index (χ3n) is 4.89. The zero-order valence-corrected chi connectivity index (χ0v) is 16.1. The van der Waals surface area contributed by atoms with Crippen molar-refractivity contribution < 1.29 is 4.79 Å². The van der Waals surface area contributed by atoms with Crippen LogP contribution in [0, 0.1) is 0 Å². The predicted molar refractivity (Wildman–Crippen MR) is 113 cm³/mol. The average molecular weight is 371 g/mol. The van der Waals surface area contributed by atoms with Crippen molar-refractivity contribution in [2.24, 2.45) is 7.05 Å². The van der Waals surface area contributed by atoms with Crippen molar-refractivity contribution in [2.75, 3.05) is 14.1 Å². The number of nitrogens with zero attached hydrogens (tertiary/aromatic N) is 3. The average Bonchev–Trinajstić information content (AvgIpc) is 2.99. The zero-order valence-electron chi connectivity index (χ0n) is 16.1. The molecule has 140 valence electrons. The number of benzene rings is 2. The van der Waals surface area contributed by atoms with Crippen molar-refractivity contribution >= 4 is 27.7 Å². The summed E-state index contributed by atoms with van der Waals surface area (Å²) in [6, 6.07) is 18.6. The van der Waals surface area contributed by atoms with Gasteiger partial charge in [0.15, 0.2) is 5.78 Å². The van der Waals surface area contributed by atoms with E-state index in [2.05, 4.69) is 4.57 Å². The molecule has 0 aliphatic heterocycles. The van der Waals surface area contributed by atoms with Crippen LogP contribution in [0.5, 0.6) is 0 Å². The van der Waals surface area contributed by atoms with E-state index < -0.39 is 0 Å². The molecular weight excluding hydrogens is 350 g/mol. The topological polar surface area (TPSA) is 47.2 Å². The van der Waals surface area contributed by atoms with E-state index in [1.807, 2.05) is 68.5 Å². The van der Waals surface area contributed by atoms with Crippen LogP contribution in [-0.2, 0) is 7.05 Å². The number of allylic oxidation sites excluding steroid dienone is 1. The van der Waals surface area contributed by atoms with Crippen LogP contribution in [0.3, 0.4) is 0 Å². The highest BCUT2D eigenvalue weighted by molar-refractivity contribution is 6.07. The second kappa shape index (κ2) is 6.85. The molecule has 0 unspecified atom stereocenters. The molecule has 28 heavy (non-hydrogen) atoms. The van der Waals surface area contributed by atoms with Crippen LogP contribution in [0.1, 0.15) is 10.4 Å². The van der Waals surface area contributed by atoms with E-state index >= 15 is 0 Å². The molecule has 4 rings (SSSR count). The first-order chi connectivity index (χ1) is 13.5. The van der Waals surface area contributed by atoms with E-state index in [1.165, 1.54) is 6.08 Å². The first-order valence-corrected chi connectivity index (χ1v) is 9.06. The number of ketones is 1. The molecule has 0 bridgehead atoms. The molecule has 5 nitrogen and oxygen atoms in total. The van der Waals surface area contributed by atoms with Crippen molar-refractivity contribution in [3.05, 3.63) is 88.9 Å². The number of carbonyl (C=O) groups is 1. The molecule has 0 saturated heterocycles. The third kappa shape index (κ3) is 2.91. The highest BCUT2D eigenvalue weighted by Gasteiger charge is 2.14. The summed E-state index contributed by atoms with van der Waals surface area (Å²) < 4.78 is 3.80. The predicted octanol–water partition coefficient (Wildman–Crippen LogP) is 3.74. The number of rotatable bonds is 4. The summed E-state index contributed by atoms with van der Waals surface area (Å²) >= 11 is 0. The van der Waals surface area contributed by atoms with Crippen molar-refractivity contribution in [2.45, 2.75) is 0 Å². The van der Waals surface area contributed by atoms with Crippen molar-refractivity contribution in [3.8, 4) is 5.69 Å². The molecule has 5 heteroatoms. The fourth-order valence-electron chi connectivity index (χ4n) is 3.50. The molecule has 0 amide bonds. The first kappa shape index (κ1) is 17.8. The highest BCUT2D eigenvalue weighted by atomic mass is 16.1. The van der Waals surface area contributed by atoms with Gasteiger partial charge in [0, 0.05) is 56.1 Å². The van der Waals surface area contributed by atoms with Gasteiger partial charge in [-0.25, -0.2) is 0 Å². The molecule has 0 N–H and O–H groups in total. The SMILES string of the molecule is CN(C)/C=C/C(=O)c1ccc(-n2c(=O)ccc3c2c2ccccc2n3C)cc1. The lowest BCUT2D eigenvalue weighted by atomic mass is 10.1. The smallest absolute Gasteiger partial charge is 0.255 e. The number of carbonyl (C=O) groups excluding carboxylic acids is 1. The molecule has 0 aliphatic carbocycles. The lowest BCUT2D eigenvalue weighted by molar-refractivity contribution is 0.104. The second-order valence-corrected chi connectivity index (χ2v) is 7.01. The number of fused-ring (bicyclic) bond motifs is 3. The number of aromatic nitrogens is 2. The lowest BCUT2D eigenvalue weighted by Crippen LogP contribution is -2.17. The summed E-state index contributed by atoms with van der Waals surface area (Å²) in [5.41, 5.74) is 4.14. The summed E-state index contributed by atoms with van der Waals surface area (Å²) in [7, 11) is 5.73. The summed E-state index contributed by atoms with van der Waals surface area (Å²) in [5, 5.41) is 1.02. The minimum absolute atomic E-state index is 0.0732. The zero-order chi connectivity index (χ0) is 19.8. The molecule has 2 aromatic heterocycles. The third-order valence-corrected chi connectivity index (χ3v) is 4.89. The van der Waals surface area contributed by atoms with Gasteiger partial charge in [-0.15, -0.1) is 0 Å². The van der Waals surface area contributed by atoms with E-state index in [9.17, 15) is 9.59 Å². The molecule has 0 saturated carbocycles. The maximum atomic E-state index is 12.8. The standard InChI is InChI=1S/C23H21N3O2/c1-24(2)15-14-21(27)16-8-10-17(11-9-16)26-22(28)13-12-20-23(26)18-6-4-5-7-19(18)25(20)3/h4-15H,1-3H3/b15-14+. The molecule has 4 aromatic rings. The van der Waals surface area contributed by atoms with E-state index in [-0.39, 0.29) is 11.3 Å².